The van der Waals surface area contributed by atoms with Crippen molar-refractivity contribution in [3.63, 3.8) is 0 Å². The normalized spacial score (nSPS) is 17.0. The number of amides is 1. The first-order valence-electron chi connectivity index (χ1n) is 7.73. The van der Waals surface area contributed by atoms with E-state index in [9.17, 15) is 13.2 Å². The van der Waals surface area contributed by atoms with Crippen molar-refractivity contribution in [3.05, 3.63) is 29.8 Å². The molecule has 1 aliphatic heterocycles. The molecular weight excluding hydrogens is 346 g/mol. The second kappa shape index (κ2) is 7.01. The lowest BCUT2D eigenvalue weighted by Crippen LogP contribution is -2.64. The molecule has 1 aromatic carbocycles. The number of rotatable bonds is 5. The fraction of sp³-hybridized carbons (Fsp3) is 0.500. The summed E-state index contributed by atoms with van der Waals surface area (Å²) in [6.45, 7) is 7.48. The number of hydrazone groups is 1. The molecule has 2 rings (SSSR count). The number of carbonyl (C=O) groups is 1. The highest BCUT2D eigenvalue weighted by atomic mass is 32.2. The van der Waals surface area contributed by atoms with Crippen molar-refractivity contribution < 1.29 is 22.7 Å². The number of aryl methyl sites for hydroxylation is 1. The van der Waals surface area contributed by atoms with Crippen molar-refractivity contribution in [2.75, 3.05) is 13.2 Å². The highest BCUT2D eigenvalue weighted by Crippen LogP contribution is 2.17. The fourth-order valence-corrected chi connectivity index (χ4v) is 2.79. The van der Waals surface area contributed by atoms with Gasteiger partial charge >= 0.3 is 6.09 Å². The average molecular weight is 369 g/mol. The molecule has 1 saturated heterocycles. The SMILES string of the molecule is Cc1ccc(S(=O)(=O)NN=CC2(NC(=O)OC(C)(C)C)COC2)cc1. The Bertz CT molecular complexity index is 747. The van der Waals surface area contributed by atoms with Gasteiger partial charge < -0.3 is 14.8 Å². The quantitative estimate of drug-likeness (QED) is 0.605. The van der Waals surface area contributed by atoms with Crippen LogP contribution in [0.5, 0.6) is 0 Å². The van der Waals surface area contributed by atoms with Crippen LogP contribution < -0.4 is 10.1 Å². The van der Waals surface area contributed by atoms with Gasteiger partial charge in [-0.05, 0) is 39.8 Å². The van der Waals surface area contributed by atoms with Crippen molar-refractivity contribution >= 4 is 22.3 Å². The van der Waals surface area contributed by atoms with Crippen LogP contribution in [0.1, 0.15) is 26.3 Å². The van der Waals surface area contributed by atoms with Crippen molar-refractivity contribution in [2.24, 2.45) is 5.10 Å². The Hall–Kier alpha value is -2.13. The molecule has 0 aromatic heterocycles. The molecular formula is C16H23N3O5S. The molecule has 0 atom stereocenters. The number of nitrogens with one attached hydrogen (secondary N) is 2. The number of nitrogens with zero attached hydrogens (tertiary/aromatic N) is 1. The van der Waals surface area contributed by atoms with Crippen LogP contribution in [0.4, 0.5) is 4.79 Å². The summed E-state index contributed by atoms with van der Waals surface area (Å²) in [7, 11) is -3.77. The molecule has 138 valence electrons. The van der Waals surface area contributed by atoms with E-state index in [1.165, 1.54) is 18.3 Å². The van der Waals surface area contributed by atoms with Gasteiger partial charge in [-0.15, -0.1) is 0 Å². The Labute approximate surface area is 147 Å². The molecule has 0 aliphatic carbocycles. The van der Waals surface area contributed by atoms with Crippen molar-refractivity contribution in [3.8, 4) is 0 Å². The van der Waals surface area contributed by atoms with E-state index in [1.54, 1.807) is 32.9 Å². The first-order valence-corrected chi connectivity index (χ1v) is 9.21. The molecule has 0 spiro atoms. The molecule has 1 fully saturated rings. The number of sulfonamides is 1. The first kappa shape index (κ1) is 19.2. The average Bonchev–Trinajstić information content (AvgIpc) is 2.42. The predicted octanol–water partition coefficient (Wildman–Crippen LogP) is 1.55. The summed E-state index contributed by atoms with van der Waals surface area (Å²) < 4.78 is 34.7. The monoisotopic (exact) mass is 369 g/mol. The molecule has 25 heavy (non-hydrogen) atoms. The summed E-state index contributed by atoms with van der Waals surface area (Å²) in [4.78, 5) is 14.1. The Kier molecular flexibility index (Phi) is 5.38. The molecule has 0 bridgehead atoms. The minimum absolute atomic E-state index is 0.106. The zero-order chi connectivity index (χ0) is 18.7. The van der Waals surface area contributed by atoms with Crippen LogP contribution >= 0.6 is 0 Å². The van der Waals surface area contributed by atoms with Crippen LogP contribution in [0, 0.1) is 6.92 Å². The summed E-state index contributed by atoms with van der Waals surface area (Å²) in [5, 5.41) is 6.42. The molecule has 1 aliphatic rings. The van der Waals surface area contributed by atoms with Crippen molar-refractivity contribution in [1.29, 1.82) is 0 Å². The highest BCUT2D eigenvalue weighted by Gasteiger charge is 2.40. The Morgan fingerprint density at radius 3 is 2.36 bits per heavy atom. The third-order valence-electron chi connectivity index (χ3n) is 3.28. The van der Waals surface area contributed by atoms with Gasteiger partial charge in [0.1, 0.15) is 11.1 Å². The van der Waals surface area contributed by atoms with Crippen LogP contribution in [0.3, 0.4) is 0 Å². The van der Waals surface area contributed by atoms with Crippen LogP contribution in [0.15, 0.2) is 34.3 Å². The largest absolute Gasteiger partial charge is 0.444 e. The topological polar surface area (TPSA) is 106 Å². The smallest absolute Gasteiger partial charge is 0.408 e. The van der Waals surface area contributed by atoms with E-state index in [-0.39, 0.29) is 18.1 Å². The molecule has 2 N–H and O–H groups in total. The number of ether oxygens (including phenoxy) is 2. The summed E-state index contributed by atoms with van der Waals surface area (Å²) in [5.74, 6) is 0. The van der Waals surface area contributed by atoms with Gasteiger partial charge in [-0.25, -0.2) is 9.63 Å². The maximum absolute atomic E-state index is 12.2. The number of hydrogen-bond donors (Lipinski definition) is 2. The molecule has 0 saturated carbocycles. The second-order valence-corrected chi connectivity index (χ2v) is 8.60. The number of alkyl carbamates (subject to hydrolysis) is 1. The zero-order valence-corrected chi connectivity index (χ0v) is 15.5. The lowest BCUT2D eigenvalue weighted by Gasteiger charge is -2.38. The van der Waals surface area contributed by atoms with Gasteiger partial charge in [0, 0.05) is 0 Å². The third-order valence-corrected chi connectivity index (χ3v) is 4.52. The van der Waals surface area contributed by atoms with Crippen LogP contribution in [-0.4, -0.2) is 45.1 Å². The van der Waals surface area contributed by atoms with E-state index in [4.69, 9.17) is 9.47 Å². The number of carbonyl (C=O) groups excluding carboxylic acids is 1. The lowest BCUT2D eigenvalue weighted by molar-refractivity contribution is -0.0394. The summed E-state index contributed by atoms with van der Waals surface area (Å²) in [5.41, 5.74) is -0.576. The van der Waals surface area contributed by atoms with E-state index in [2.05, 4.69) is 15.2 Å². The minimum atomic E-state index is -3.77. The zero-order valence-electron chi connectivity index (χ0n) is 14.7. The molecule has 9 heteroatoms. The first-order chi connectivity index (χ1) is 11.5. The fourth-order valence-electron chi connectivity index (χ4n) is 2.00. The molecule has 1 aromatic rings. The lowest BCUT2D eigenvalue weighted by atomic mass is 10.00. The standard InChI is InChI=1S/C16H23N3O5S/c1-12-5-7-13(8-6-12)25(21,22)19-17-9-16(10-23-11-16)18-14(20)24-15(2,3)4/h5-9,19H,10-11H2,1-4H3,(H,18,20). The van der Waals surface area contributed by atoms with E-state index < -0.39 is 27.3 Å². The van der Waals surface area contributed by atoms with E-state index >= 15 is 0 Å². The molecule has 0 radical (unpaired) electrons. The third kappa shape index (κ3) is 5.43. The molecule has 0 unspecified atom stereocenters. The number of hydrogen-bond acceptors (Lipinski definition) is 6. The summed E-state index contributed by atoms with van der Waals surface area (Å²) in [6.07, 6.45) is 0.690. The van der Waals surface area contributed by atoms with E-state index in [0.29, 0.717) is 0 Å². The Morgan fingerprint density at radius 1 is 1.28 bits per heavy atom. The second-order valence-electron chi connectivity index (χ2n) is 6.94. The molecule has 1 heterocycles. The van der Waals surface area contributed by atoms with E-state index in [0.717, 1.165) is 5.56 Å². The summed E-state index contributed by atoms with van der Waals surface area (Å²) >= 11 is 0. The Morgan fingerprint density at radius 2 is 1.88 bits per heavy atom. The van der Waals surface area contributed by atoms with Crippen LogP contribution in [0.25, 0.3) is 0 Å². The van der Waals surface area contributed by atoms with Crippen LogP contribution in [-0.2, 0) is 19.5 Å². The van der Waals surface area contributed by atoms with E-state index in [1.807, 2.05) is 6.92 Å². The maximum Gasteiger partial charge on any atom is 0.408 e. The van der Waals surface area contributed by atoms with Gasteiger partial charge in [-0.2, -0.15) is 13.5 Å². The van der Waals surface area contributed by atoms with Gasteiger partial charge in [0.2, 0.25) is 0 Å². The predicted molar refractivity (Wildman–Crippen MR) is 92.9 cm³/mol. The summed E-state index contributed by atoms with van der Waals surface area (Å²) in [6, 6.07) is 6.38. The van der Waals surface area contributed by atoms with Crippen LogP contribution in [0.2, 0.25) is 0 Å². The van der Waals surface area contributed by atoms with Crippen molar-refractivity contribution in [2.45, 2.75) is 43.7 Å². The molecule has 8 nitrogen and oxygen atoms in total. The van der Waals surface area contributed by atoms with Gasteiger partial charge in [0.15, 0.2) is 0 Å². The highest BCUT2D eigenvalue weighted by molar-refractivity contribution is 7.89. The van der Waals surface area contributed by atoms with Gasteiger partial charge in [-0.1, -0.05) is 17.7 Å². The maximum atomic E-state index is 12.2. The molecule has 1 amide bonds. The van der Waals surface area contributed by atoms with Gasteiger partial charge in [-0.3, -0.25) is 0 Å². The Balaban J connectivity index is 2.01. The van der Waals surface area contributed by atoms with Gasteiger partial charge in [0.25, 0.3) is 10.0 Å². The van der Waals surface area contributed by atoms with Crippen molar-refractivity contribution in [1.82, 2.24) is 10.1 Å². The minimum Gasteiger partial charge on any atom is -0.444 e. The van der Waals surface area contributed by atoms with Gasteiger partial charge in [0.05, 0.1) is 24.3 Å². The number of benzene rings is 1.